The summed E-state index contributed by atoms with van der Waals surface area (Å²) >= 11 is 0. The molecule has 2 rings (SSSR count). The molecule has 2 aromatic heterocycles. The average Bonchev–Trinajstić information content (AvgIpc) is 2.64. The molecule has 0 unspecified atom stereocenters. The number of imidazole rings is 1. The molecule has 0 aromatic carbocycles. The van der Waals surface area contributed by atoms with Gasteiger partial charge < -0.3 is 4.57 Å². The summed E-state index contributed by atoms with van der Waals surface area (Å²) < 4.78 is 2.01. The van der Waals surface area contributed by atoms with Crippen molar-refractivity contribution < 1.29 is 0 Å². The van der Waals surface area contributed by atoms with Crippen LogP contribution in [0.1, 0.15) is 23.9 Å². The van der Waals surface area contributed by atoms with Crippen LogP contribution in [-0.2, 0) is 6.42 Å². The first-order valence-electron chi connectivity index (χ1n) is 5.17. The van der Waals surface area contributed by atoms with E-state index in [2.05, 4.69) is 29.9 Å². The minimum atomic E-state index is 0.976. The summed E-state index contributed by atoms with van der Waals surface area (Å²) in [6.45, 7) is 6.20. The molecule has 3 nitrogen and oxygen atoms in total. The van der Waals surface area contributed by atoms with Crippen molar-refractivity contribution in [3.8, 4) is 5.69 Å². The van der Waals surface area contributed by atoms with Crippen molar-refractivity contribution >= 4 is 0 Å². The average molecular weight is 201 g/mol. The van der Waals surface area contributed by atoms with Crippen LogP contribution in [-0.4, -0.2) is 14.5 Å². The zero-order valence-corrected chi connectivity index (χ0v) is 9.36. The molecule has 0 aliphatic rings. The monoisotopic (exact) mass is 201 g/mol. The Morgan fingerprint density at radius 1 is 1.27 bits per heavy atom. The second kappa shape index (κ2) is 3.85. The van der Waals surface area contributed by atoms with Crippen molar-refractivity contribution in [1.29, 1.82) is 0 Å². The highest BCUT2D eigenvalue weighted by molar-refractivity contribution is 5.39. The Hall–Kier alpha value is -1.64. The van der Waals surface area contributed by atoms with Gasteiger partial charge in [-0.2, -0.15) is 0 Å². The van der Waals surface area contributed by atoms with Crippen molar-refractivity contribution in [3.05, 3.63) is 41.7 Å². The SMILES string of the molecule is CCc1cc(C)c(-n2cnc(C)c2)cn1. The maximum Gasteiger partial charge on any atom is 0.0995 e. The molecule has 78 valence electrons. The summed E-state index contributed by atoms with van der Waals surface area (Å²) in [5.41, 5.74) is 4.49. The van der Waals surface area contributed by atoms with Crippen molar-refractivity contribution in [2.45, 2.75) is 27.2 Å². The van der Waals surface area contributed by atoms with Crippen LogP contribution < -0.4 is 0 Å². The third-order valence-corrected chi connectivity index (χ3v) is 2.49. The van der Waals surface area contributed by atoms with Gasteiger partial charge in [0.15, 0.2) is 0 Å². The van der Waals surface area contributed by atoms with E-state index in [1.807, 2.05) is 30.2 Å². The molecule has 0 fully saturated rings. The van der Waals surface area contributed by atoms with E-state index < -0.39 is 0 Å². The Morgan fingerprint density at radius 2 is 2.07 bits per heavy atom. The summed E-state index contributed by atoms with van der Waals surface area (Å²) in [7, 11) is 0. The van der Waals surface area contributed by atoms with Gasteiger partial charge >= 0.3 is 0 Å². The first-order chi connectivity index (χ1) is 7.20. The minimum Gasteiger partial charge on any atom is -0.304 e. The van der Waals surface area contributed by atoms with Crippen LogP contribution in [0.4, 0.5) is 0 Å². The van der Waals surface area contributed by atoms with Crippen LogP contribution in [0.3, 0.4) is 0 Å². The van der Waals surface area contributed by atoms with Gasteiger partial charge in [0, 0.05) is 11.9 Å². The van der Waals surface area contributed by atoms with E-state index in [4.69, 9.17) is 0 Å². The molecule has 0 spiro atoms. The van der Waals surface area contributed by atoms with E-state index >= 15 is 0 Å². The molecule has 2 aromatic rings. The summed E-state index contributed by atoms with van der Waals surface area (Å²) in [6, 6.07) is 2.13. The zero-order valence-electron chi connectivity index (χ0n) is 9.36. The van der Waals surface area contributed by atoms with Crippen LogP contribution in [0, 0.1) is 13.8 Å². The Balaban J connectivity index is 2.45. The number of rotatable bonds is 2. The molecule has 0 aliphatic carbocycles. The van der Waals surface area contributed by atoms with Crippen LogP contribution in [0.25, 0.3) is 5.69 Å². The van der Waals surface area contributed by atoms with Gasteiger partial charge in [0.05, 0.1) is 23.9 Å². The Labute approximate surface area is 89.8 Å². The zero-order chi connectivity index (χ0) is 10.8. The van der Waals surface area contributed by atoms with Gasteiger partial charge in [-0.05, 0) is 31.9 Å². The molecule has 2 heterocycles. The fourth-order valence-corrected chi connectivity index (χ4v) is 1.62. The highest BCUT2D eigenvalue weighted by Crippen LogP contribution is 2.14. The summed E-state index contributed by atoms with van der Waals surface area (Å²) in [4.78, 5) is 8.61. The highest BCUT2D eigenvalue weighted by Gasteiger charge is 2.03. The van der Waals surface area contributed by atoms with Gasteiger partial charge in [0.2, 0.25) is 0 Å². The van der Waals surface area contributed by atoms with E-state index in [-0.39, 0.29) is 0 Å². The number of hydrogen-bond acceptors (Lipinski definition) is 2. The fourth-order valence-electron chi connectivity index (χ4n) is 1.62. The van der Waals surface area contributed by atoms with Crippen LogP contribution >= 0.6 is 0 Å². The van der Waals surface area contributed by atoms with E-state index in [1.165, 1.54) is 5.56 Å². The molecule has 15 heavy (non-hydrogen) atoms. The number of aryl methyl sites for hydroxylation is 3. The van der Waals surface area contributed by atoms with Gasteiger partial charge in [0.25, 0.3) is 0 Å². The molecule has 0 aliphatic heterocycles. The third-order valence-electron chi connectivity index (χ3n) is 2.49. The number of hydrogen-bond donors (Lipinski definition) is 0. The fraction of sp³-hybridized carbons (Fsp3) is 0.333. The molecule has 3 heteroatoms. The maximum absolute atomic E-state index is 4.40. The number of aromatic nitrogens is 3. The summed E-state index contributed by atoms with van der Waals surface area (Å²) in [5.74, 6) is 0. The lowest BCUT2D eigenvalue weighted by molar-refractivity contribution is 0.974. The summed E-state index contributed by atoms with van der Waals surface area (Å²) in [5, 5.41) is 0. The van der Waals surface area contributed by atoms with Crippen LogP contribution in [0.2, 0.25) is 0 Å². The molecular weight excluding hydrogens is 186 g/mol. The quantitative estimate of drug-likeness (QED) is 0.747. The Bertz CT molecular complexity index is 471. The van der Waals surface area contributed by atoms with Crippen molar-refractivity contribution in [3.63, 3.8) is 0 Å². The standard InChI is InChI=1S/C12H15N3/c1-4-11-5-9(2)12(6-13-11)15-7-10(3)14-8-15/h5-8H,4H2,1-3H3. The second-order valence-corrected chi connectivity index (χ2v) is 3.74. The lowest BCUT2D eigenvalue weighted by atomic mass is 10.2. The molecule has 0 radical (unpaired) electrons. The number of pyridine rings is 1. The molecule has 0 saturated carbocycles. The summed E-state index contributed by atoms with van der Waals surface area (Å²) in [6.07, 6.45) is 6.72. The predicted octanol–water partition coefficient (Wildman–Crippen LogP) is 2.45. The third kappa shape index (κ3) is 1.91. The maximum atomic E-state index is 4.40. The lowest BCUT2D eigenvalue weighted by Gasteiger charge is -2.07. The van der Waals surface area contributed by atoms with Gasteiger partial charge in [-0.1, -0.05) is 6.92 Å². The van der Waals surface area contributed by atoms with Gasteiger partial charge in [-0.3, -0.25) is 4.98 Å². The predicted molar refractivity (Wildman–Crippen MR) is 60.2 cm³/mol. The van der Waals surface area contributed by atoms with E-state index in [0.717, 1.165) is 23.5 Å². The molecular formula is C12H15N3. The van der Waals surface area contributed by atoms with E-state index in [9.17, 15) is 0 Å². The highest BCUT2D eigenvalue weighted by atomic mass is 15.0. The first-order valence-corrected chi connectivity index (χ1v) is 5.17. The Morgan fingerprint density at radius 3 is 2.60 bits per heavy atom. The molecule has 0 bridgehead atoms. The van der Waals surface area contributed by atoms with Crippen LogP contribution in [0.5, 0.6) is 0 Å². The smallest absolute Gasteiger partial charge is 0.0995 e. The van der Waals surface area contributed by atoms with Gasteiger partial charge in [-0.25, -0.2) is 4.98 Å². The normalized spacial score (nSPS) is 10.6. The molecule has 0 N–H and O–H groups in total. The van der Waals surface area contributed by atoms with Gasteiger partial charge in [0.1, 0.15) is 0 Å². The van der Waals surface area contributed by atoms with Crippen LogP contribution in [0.15, 0.2) is 24.8 Å². The topological polar surface area (TPSA) is 30.7 Å². The lowest BCUT2D eigenvalue weighted by Crippen LogP contribution is -1.97. The van der Waals surface area contributed by atoms with Crippen molar-refractivity contribution in [2.75, 3.05) is 0 Å². The molecule has 0 amide bonds. The minimum absolute atomic E-state index is 0.976. The molecule has 0 atom stereocenters. The van der Waals surface area contributed by atoms with Crippen molar-refractivity contribution in [1.82, 2.24) is 14.5 Å². The first kappa shape index (κ1) is 9.90. The molecule has 0 saturated heterocycles. The largest absolute Gasteiger partial charge is 0.304 e. The van der Waals surface area contributed by atoms with Crippen molar-refractivity contribution in [2.24, 2.45) is 0 Å². The van der Waals surface area contributed by atoms with E-state index in [1.54, 1.807) is 0 Å². The number of nitrogens with zero attached hydrogens (tertiary/aromatic N) is 3. The Kier molecular flexibility index (Phi) is 2.54. The van der Waals surface area contributed by atoms with Gasteiger partial charge in [-0.15, -0.1) is 0 Å². The second-order valence-electron chi connectivity index (χ2n) is 3.74. The van der Waals surface area contributed by atoms with E-state index in [0.29, 0.717) is 0 Å².